The zero-order chi connectivity index (χ0) is 24.2. The smallest absolute Gasteiger partial charge is 0.255 e. The molecule has 0 unspecified atom stereocenters. The molecule has 5 rings (SSSR count). The van der Waals surface area contributed by atoms with Gasteiger partial charge in [-0.15, -0.1) is 0 Å². The van der Waals surface area contributed by atoms with Gasteiger partial charge in [-0.1, -0.05) is 54.1 Å². The van der Waals surface area contributed by atoms with E-state index < -0.39 is 0 Å². The van der Waals surface area contributed by atoms with Crippen LogP contribution in [0.3, 0.4) is 0 Å². The molecule has 0 atom stereocenters. The summed E-state index contributed by atoms with van der Waals surface area (Å²) in [6.07, 6.45) is 7.11. The number of rotatable bonds is 7. The van der Waals surface area contributed by atoms with Crippen molar-refractivity contribution in [3.8, 4) is 17.1 Å². The van der Waals surface area contributed by atoms with E-state index in [1.54, 1.807) is 35.4 Å². The molecule has 0 spiro atoms. The summed E-state index contributed by atoms with van der Waals surface area (Å²) in [4.78, 5) is 22.0. The Morgan fingerprint density at radius 3 is 2.51 bits per heavy atom. The molecule has 3 aromatic heterocycles. The van der Waals surface area contributed by atoms with Gasteiger partial charge in [0.05, 0.1) is 12.1 Å². The van der Waals surface area contributed by atoms with Gasteiger partial charge in [0.1, 0.15) is 17.3 Å². The Labute approximate surface area is 208 Å². The SMILES string of the molecule is Cc1nccn1-c1cc(CNC(=O)c2cn(Cc3ccccc3)nc2-c2ccc(Cl)cc2)ccn1. The lowest BCUT2D eigenvalue weighted by Crippen LogP contribution is -2.23. The summed E-state index contributed by atoms with van der Waals surface area (Å²) < 4.78 is 3.69. The van der Waals surface area contributed by atoms with Crippen molar-refractivity contribution in [2.45, 2.75) is 20.0 Å². The third-order valence-corrected chi connectivity index (χ3v) is 5.90. The molecule has 1 amide bonds. The molecule has 0 radical (unpaired) electrons. The first kappa shape index (κ1) is 22.6. The van der Waals surface area contributed by atoms with E-state index in [1.807, 2.05) is 72.3 Å². The molecule has 2 aromatic carbocycles. The molecule has 174 valence electrons. The Morgan fingerprint density at radius 1 is 0.971 bits per heavy atom. The number of pyridine rings is 1. The molecular weight excluding hydrogens is 460 g/mol. The van der Waals surface area contributed by atoms with Crippen LogP contribution in [0.5, 0.6) is 0 Å². The lowest BCUT2D eigenvalue weighted by atomic mass is 10.1. The molecule has 0 saturated heterocycles. The van der Waals surface area contributed by atoms with Crippen molar-refractivity contribution in [1.82, 2.24) is 29.6 Å². The third kappa shape index (κ3) is 5.15. The zero-order valence-corrected chi connectivity index (χ0v) is 19.9. The Morgan fingerprint density at radius 2 is 1.77 bits per heavy atom. The molecule has 35 heavy (non-hydrogen) atoms. The van der Waals surface area contributed by atoms with Crippen LogP contribution in [0.2, 0.25) is 5.02 Å². The number of halogens is 1. The summed E-state index contributed by atoms with van der Waals surface area (Å²) in [6, 6.07) is 21.2. The maximum absolute atomic E-state index is 13.3. The molecule has 7 nitrogen and oxygen atoms in total. The van der Waals surface area contributed by atoms with E-state index in [0.29, 0.717) is 29.4 Å². The average molecular weight is 483 g/mol. The van der Waals surface area contributed by atoms with Crippen LogP contribution in [0.1, 0.15) is 27.3 Å². The van der Waals surface area contributed by atoms with Crippen molar-refractivity contribution in [3.05, 3.63) is 119 Å². The molecule has 1 N–H and O–H groups in total. The van der Waals surface area contributed by atoms with E-state index in [4.69, 9.17) is 16.7 Å². The van der Waals surface area contributed by atoms with Crippen molar-refractivity contribution >= 4 is 17.5 Å². The Kier molecular flexibility index (Phi) is 6.41. The summed E-state index contributed by atoms with van der Waals surface area (Å²) in [7, 11) is 0. The van der Waals surface area contributed by atoms with Crippen LogP contribution in [-0.4, -0.2) is 30.2 Å². The number of aryl methyl sites for hydroxylation is 1. The summed E-state index contributed by atoms with van der Waals surface area (Å²) >= 11 is 6.08. The van der Waals surface area contributed by atoms with E-state index in [-0.39, 0.29) is 5.91 Å². The number of amides is 1. The fraction of sp³-hybridized carbons (Fsp3) is 0.111. The molecule has 5 aromatic rings. The van der Waals surface area contributed by atoms with Crippen molar-refractivity contribution in [3.63, 3.8) is 0 Å². The molecular formula is C27H23ClN6O. The maximum Gasteiger partial charge on any atom is 0.255 e. The van der Waals surface area contributed by atoms with Gasteiger partial charge in [-0.05, 0) is 42.3 Å². The third-order valence-electron chi connectivity index (χ3n) is 5.65. The van der Waals surface area contributed by atoms with Gasteiger partial charge in [-0.2, -0.15) is 5.10 Å². The fourth-order valence-corrected chi connectivity index (χ4v) is 3.99. The minimum atomic E-state index is -0.202. The Hall–Kier alpha value is -4.23. The number of carbonyl (C=O) groups excluding carboxylic acids is 1. The molecule has 0 fully saturated rings. The highest BCUT2D eigenvalue weighted by atomic mass is 35.5. The lowest BCUT2D eigenvalue weighted by Gasteiger charge is -2.08. The molecule has 0 aliphatic rings. The van der Waals surface area contributed by atoms with E-state index >= 15 is 0 Å². The van der Waals surface area contributed by atoms with Crippen molar-refractivity contribution in [2.24, 2.45) is 0 Å². The van der Waals surface area contributed by atoms with Gasteiger partial charge >= 0.3 is 0 Å². The quantitative estimate of drug-likeness (QED) is 0.351. The largest absolute Gasteiger partial charge is 0.348 e. The number of hydrogen-bond acceptors (Lipinski definition) is 4. The van der Waals surface area contributed by atoms with Gasteiger partial charge < -0.3 is 5.32 Å². The molecule has 0 saturated carbocycles. The Balaban J connectivity index is 1.39. The summed E-state index contributed by atoms with van der Waals surface area (Å²) in [5.41, 5.74) is 3.97. The monoisotopic (exact) mass is 482 g/mol. The standard InChI is InChI=1S/C27H23ClN6O/c1-19-29-13-14-34(19)25-15-21(11-12-30-25)16-31-27(35)24-18-33(17-20-5-3-2-4-6-20)32-26(24)22-7-9-23(28)10-8-22/h2-15,18H,16-17H2,1H3,(H,31,35). The van der Waals surface area contributed by atoms with Crippen molar-refractivity contribution in [2.75, 3.05) is 0 Å². The molecule has 0 aliphatic carbocycles. The fourth-order valence-electron chi connectivity index (χ4n) is 3.86. The first-order valence-electron chi connectivity index (χ1n) is 11.2. The van der Waals surface area contributed by atoms with E-state index in [9.17, 15) is 4.79 Å². The number of hydrogen-bond donors (Lipinski definition) is 1. The second-order valence-corrected chi connectivity index (χ2v) is 8.57. The number of benzene rings is 2. The second-order valence-electron chi connectivity index (χ2n) is 8.13. The van der Waals surface area contributed by atoms with Gasteiger partial charge in [-0.25, -0.2) is 9.97 Å². The first-order valence-corrected chi connectivity index (χ1v) is 11.6. The predicted octanol–water partition coefficient (Wildman–Crippen LogP) is 5.07. The highest BCUT2D eigenvalue weighted by molar-refractivity contribution is 6.30. The summed E-state index contributed by atoms with van der Waals surface area (Å²) in [6.45, 7) is 2.83. The van der Waals surface area contributed by atoms with Crippen LogP contribution in [-0.2, 0) is 13.1 Å². The number of aromatic nitrogens is 5. The number of nitrogens with one attached hydrogen (secondary N) is 1. The molecule has 3 heterocycles. The van der Waals surface area contributed by atoms with Crippen LogP contribution >= 0.6 is 11.6 Å². The lowest BCUT2D eigenvalue weighted by molar-refractivity contribution is 0.0951. The first-order chi connectivity index (χ1) is 17.1. The van der Waals surface area contributed by atoms with Gasteiger partial charge in [0.25, 0.3) is 5.91 Å². The van der Waals surface area contributed by atoms with Crippen LogP contribution in [0.4, 0.5) is 0 Å². The normalized spacial score (nSPS) is 10.9. The van der Waals surface area contributed by atoms with Gasteiger partial charge in [0.2, 0.25) is 0 Å². The summed E-state index contributed by atoms with van der Waals surface area (Å²) in [5, 5.41) is 8.39. The van der Waals surface area contributed by atoms with Gasteiger partial charge in [0.15, 0.2) is 0 Å². The summed E-state index contributed by atoms with van der Waals surface area (Å²) in [5.74, 6) is 1.40. The van der Waals surface area contributed by atoms with Crippen LogP contribution in [0.25, 0.3) is 17.1 Å². The van der Waals surface area contributed by atoms with Crippen molar-refractivity contribution < 1.29 is 4.79 Å². The minimum Gasteiger partial charge on any atom is -0.348 e. The predicted molar refractivity (Wildman–Crippen MR) is 135 cm³/mol. The van der Waals surface area contributed by atoms with Gasteiger partial charge in [0, 0.05) is 41.9 Å². The van der Waals surface area contributed by atoms with E-state index in [0.717, 1.165) is 28.3 Å². The highest BCUT2D eigenvalue weighted by Crippen LogP contribution is 2.24. The Bertz CT molecular complexity index is 1460. The van der Waals surface area contributed by atoms with E-state index in [1.165, 1.54) is 0 Å². The average Bonchev–Trinajstić information content (AvgIpc) is 3.50. The van der Waals surface area contributed by atoms with Crippen LogP contribution in [0, 0.1) is 6.92 Å². The number of imidazole rings is 1. The number of nitrogens with zero attached hydrogens (tertiary/aromatic N) is 5. The highest BCUT2D eigenvalue weighted by Gasteiger charge is 2.18. The van der Waals surface area contributed by atoms with E-state index in [2.05, 4.69) is 15.3 Å². The maximum atomic E-state index is 13.3. The molecule has 0 aliphatic heterocycles. The molecule has 8 heteroatoms. The van der Waals surface area contributed by atoms with Gasteiger partial charge in [-0.3, -0.25) is 14.0 Å². The number of carbonyl (C=O) groups is 1. The topological polar surface area (TPSA) is 77.6 Å². The second kappa shape index (κ2) is 9.95. The minimum absolute atomic E-state index is 0.202. The van der Waals surface area contributed by atoms with Crippen LogP contribution in [0.15, 0.2) is 91.5 Å². The molecule has 0 bridgehead atoms. The zero-order valence-electron chi connectivity index (χ0n) is 19.1. The van der Waals surface area contributed by atoms with Crippen LogP contribution < -0.4 is 5.32 Å². The van der Waals surface area contributed by atoms with Crippen molar-refractivity contribution in [1.29, 1.82) is 0 Å².